The van der Waals surface area contributed by atoms with E-state index in [-0.39, 0.29) is 28.5 Å². The van der Waals surface area contributed by atoms with E-state index < -0.39 is 11.7 Å². The van der Waals surface area contributed by atoms with Crippen LogP contribution in [0.2, 0.25) is 5.02 Å². The summed E-state index contributed by atoms with van der Waals surface area (Å²) >= 11 is 5.97. The highest BCUT2D eigenvalue weighted by Crippen LogP contribution is 2.32. The van der Waals surface area contributed by atoms with E-state index >= 15 is 0 Å². The molecule has 0 aliphatic carbocycles. The first-order chi connectivity index (χ1) is 11.9. The molecular weight excluding hydrogens is 357 g/mol. The molecule has 0 unspecified atom stereocenters. The van der Waals surface area contributed by atoms with E-state index in [0.717, 1.165) is 32.0 Å². The molecule has 2 aromatic heterocycles. The number of amides is 1. The van der Waals surface area contributed by atoms with Crippen molar-refractivity contribution >= 4 is 17.5 Å². The maximum Gasteiger partial charge on any atom is 0.417 e. The van der Waals surface area contributed by atoms with Crippen molar-refractivity contribution in [3.8, 4) is 5.82 Å². The third kappa shape index (κ3) is 3.96. The van der Waals surface area contributed by atoms with Crippen LogP contribution in [0.15, 0.2) is 30.6 Å². The van der Waals surface area contributed by atoms with Crippen LogP contribution in [0.3, 0.4) is 0 Å². The summed E-state index contributed by atoms with van der Waals surface area (Å²) in [4.78, 5) is 16.3. The summed E-state index contributed by atoms with van der Waals surface area (Å²) in [5.74, 6) is -0.232. The van der Waals surface area contributed by atoms with Gasteiger partial charge in [0.05, 0.1) is 10.6 Å². The molecule has 1 saturated heterocycles. The zero-order valence-electron chi connectivity index (χ0n) is 13.1. The number of carbonyl (C=O) groups is 1. The summed E-state index contributed by atoms with van der Waals surface area (Å²) in [6.45, 7) is 1.66. The van der Waals surface area contributed by atoms with E-state index in [2.05, 4.69) is 15.6 Å². The van der Waals surface area contributed by atoms with Gasteiger partial charge in [0.25, 0.3) is 5.91 Å². The Labute approximate surface area is 147 Å². The molecule has 25 heavy (non-hydrogen) atoms. The van der Waals surface area contributed by atoms with Crippen LogP contribution in [0.1, 0.15) is 28.9 Å². The number of aromatic nitrogens is 2. The summed E-state index contributed by atoms with van der Waals surface area (Å²) in [5.41, 5.74) is -0.665. The molecule has 1 amide bonds. The van der Waals surface area contributed by atoms with Gasteiger partial charge < -0.3 is 10.6 Å². The molecule has 134 valence electrons. The molecule has 0 aromatic carbocycles. The first-order valence-electron chi connectivity index (χ1n) is 7.78. The van der Waals surface area contributed by atoms with E-state index in [1.165, 1.54) is 4.57 Å². The second-order valence-corrected chi connectivity index (χ2v) is 6.20. The zero-order valence-corrected chi connectivity index (χ0v) is 13.9. The lowest BCUT2D eigenvalue weighted by Crippen LogP contribution is -2.43. The molecule has 5 nitrogen and oxygen atoms in total. The van der Waals surface area contributed by atoms with Crippen molar-refractivity contribution in [1.82, 2.24) is 20.2 Å². The van der Waals surface area contributed by atoms with Gasteiger partial charge in [0, 0.05) is 18.4 Å². The smallest absolute Gasteiger partial charge is 0.348 e. The lowest BCUT2D eigenvalue weighted by molar-refractivity contribution is -0.137. The van der Waals surface area contributed by atoms with Crippen LogP contribution in [0.4, 0.5) is 13.2 Å². The zero-order chi connectivity index (χ0) is 18.0. The monoisotopic (exact) mass is 372 g/mol. The highest BCUT2D eigenvalue weighted by atomic mass is 35.5. The predicted octanol–water partition coefficient (Wildman–Crippen LogP) is 3.03. The van der Waals surface area contributed by atoms with Gasteiger partial charge in [0.1, 0.15) is 5.69 Å². The van der Waals surface area contributed by atoms with Crippen LogP contribution < -0.4 is 10.6 Å². The van der Waals surface area contributed by atoms with Crippen molar-refractivity contribution in [3.05, 3.63) is 46.9 Å². The van der Waals surface area contributed by atoms with E-state index in [1.54, 1.807) is 18.3 Å². The number of carbonyl (C=O) groups excluding carboxylic acids is 1. The normalized spacial score (nSPS) is 16.0. The molecule has 3 rings (SSSR count). The number of alkyl halides is 3. The Balaban J connectivity index is 1.85. The number of pyridine rings is 1. The summed E-state index contributed by atoms with van der Waals surface area (Å²) < 4.78 is 39.6. The van der Waals surface area contributed by atoms with Crippen molar-refractivity contribution in [2.45, 2.75) is 25.1 Å². The van der Waals surface area contributed by atoms with Crippen LogP contribution in [0.5, 0.6) is 0 Å². The largest absolute Gasteiger partial charge is 0.417 e. The first-order valence-corrected chi connectivity index (χ1v) is 8.16. The van der Waals surface area contributed by atoms with Crippen molar-refractivity contribution in [2.75, 3.05) is 13.1 Å². The minimum atomic E-state index is -4.53. The van der Waals surface area contributed by atoms with Gasteiger partial charge in [-0.25, -0.2) is 4.98 Å². The van der Waals surface area contributed by atoms with Crippen LogP contribution in [0.25, 0.3) is 5.82 Å². The van der Waals surface area contributed by atoms with E-state index in [1.807, 2.05) is 0 Å². The van der Waals surface area contributed by atoms with Gasteiger partial charge in [-0.05, 0) is 44.1 Å². The Morgan fingerprint density at radius 2 is 2.08 bits per heavy atom. The second-order valence-electron chi connectivity index (χ2n) is 5.79. The standard InChI is InChI=1S/C16H16ClF3N4O/c17-12-8-10(16(18,19)20)9-22-14(12)24-7-1-2-13(24)15(25)23-11-3-5-21-6-4-11/h1-2,7-9,11,21H,3-6H2,(H,23,25). The molecule has 0 spiro atoms. The average Bonchev–Trinajstić information content (AvgIpc) is 3.04. The maximum atomic E-state index is 12.7. The van der Waals surface area contributed by atoms with Crippen LogP contribution >= 0.6 is 11.6 Å². The summed E-state index contributed by atoms with van der Waals surface area (Å²) in [5, 5.41) is 5.97. The highest BCUT2D eigenvalue weighted by Gasteiger charge is 2.32. The van der Waals surface area contributed by atoms with Gasteiger partial charge in [-0.1, -0.05) is 11.6 Å². The molecule has 0 radical (unpaired) electrons. The van der Waals surface area contributed by atoms with E-state index in [9.17, 15) is 18.0 Å². The summed E-state index contributed by atoms with van der Waals surface area (Å²) in [7, 11) is 0. The molecule has 1 fully saturated rings. The number of piperidine rings is 1. The summed E-state index contributed by atoms with van der Waals surface area (Å²) in [6, 6.07) is 4.06. The fourth-order valence-corrected chi connectivity index (χ4v) is 3.00. The number of nitrogens with zero attached hydrogens (tertiary/aromatic N) is 2. The number of nitrogens with one attached hydrogen (secondary N) is 2. The van der Waals surface area contributed by atoms with Crippen molar-refractivity contribution in [2.24, 2.45) is 0 Å². The minimum Gasteiger partial charge on any atom is -0.348 e. The quantitative estimate of drug-likeness (QED) is 0.870. The Morgan fingerprint density at radius 3 is 2.72 bits per heavy atom. The molecule has 2 N–H and O–H groups in total. The Kier molecular flexibility index (Phi) is 5.01. The van der Waals surface area contributed by atoms with Gasteiger partial charge in [0.15, 0.2) is 5.82 Å². The maximum absolute atomic E-state index is 12.7. The summed E-state index contributed by atoms with van der Waals surface area (Å²) in [6.07, 6.45) is -0.632. The van der Waals surface area contributed by atoms with Gasteiger partial charge in [-0.2, -0.15) is 13.2 Å². The fraction of sp³-hybridized carbons (Fsp3) is 0.375. The molecule has 0 saturated carbocycles. The number of hydrogen-bond donors (Lipinski definition) is 2. The topological polar surface area (TPSA) is 59.0 Å². The van der Waals surface area contributed by atoms with Gasteiger partial charge in [-0.15, -0.1) is 0 Å². The molecule has 9 heteroatoms. The van der Waals surface area contributed by atoms with Crippen molar-refractivity contribution in [1.29, 1.82) is 0 Å². The van der Waals surface area contributed by atoms with Crippen molar-refractivity contribution in [3.63, 3.8) is 0 Å². The molecule has 0 atom stereocenters. The van der Waals surface area contributed by atoms with E-state index in [4.69, 9.17) is 11.6 Å². The lowest BCUT2D eigenvalue weighted by atomic mass is 10.1. The van der Waals surface area contributed by atoms with Crippen molar-refractivity contribution < 1.29 is 18.0 Å². The van der Waals surface area contributed by atoms with Crippen LogP contribution in [-0.2, 0) is 6.18 Å². The molecular formula is C16H16ClF3N4O. The third-order valence-electron chi connectivity index (χ3n) is 4.03. The highest BCUT2D eigenvalue weighted by molar-refractivity contribution is 6.32. The molecule has 1 aliphatic heterocycles. The van der Waals surface area contributed by atoms with E-state index in [0.29, 0.717) is 6.20 Å². The van der Waals surface area contributed by atoms with Gasteiger partial charge in [0.2, 0.25) is 0 Å². The Bertz CT molecular complexity index is 769. The SMILES string of the molecule is O=C(NC1CCNCC1)c1cccn1-c1ncc(C(F)(F)F)cc1Cl. The molecule has 2 aromatic rings. The number of halogens is 4. The number of hydrogen-bond acceptors (Lipinski definition) is 3. The predicted molar refractivity (Wildman–Crippen MR) is 86.9 cm³/mol. The van der Waals surface area contributed by atoms with Crippen LogP contribution in [-0.4, -0.2) is 34.6 Å². The van der Waals surface area contributed by atoms with Gasteiger partial charge in [-0.3, -0.25) is 9.36 Å². The Hall–Kier alpha value is -2.06. The third-order valence-corrected chi connectivity index (χ3v) is 4.31. The van der Waals surface area contributed by atoms with Crippen LogP contribution in [0, 0.1) is 0 Å². The molecule has 3 heterocycles. The van der Waals surface area contributed by atoms with Gasteiger partial charge >= 0.3 is 6.18 Å². The number of rotatable bonds is 3. The average molecular weight is 373 g/mol. The fourth-order valence-electron chi connectivity index (χ4n) is 2.74. The first kappa shape index (κ1) is 17.8. The Morgan fingerprint density at radius 1 is 1.36 bits per heavy atom. The lowest BCUT2D eigenvalue weighted by Gasteiger charge is -2.24. The molecule has 1 aliphatic rings. The molecule has 0 bridgehead atoms. The minimum absolute atomic E-state index is 0.0631. The second kappa shape index (κ2) is 7.05.